The molecule has 0 aliphatic heterocycles. The average Bonchev–Trinajstić information content (AvgIpc) is 2.39. The summed E-state index contributed by atoms with van der Waals surface area (Å²) in [4.78, 5) is 33.9. The number of hydrogen-bond donors (Lipinski definition) is 3. The van der Waals surface area contributed by atoms with E-state index in [9.17, 15) is 18.8 Å². The van der Waals surface area contributed by atoms with E-state index in [-0.39, 0.29) is 12.0 Å². The summed E-state index contributed by atoms with van der Waals surface area (Å²) in [6.07, 6.45) is -0.0651. The van der Waals surface area contributed by atoms with Gasteiger partial charge in [-0.2, -0.15) is 0 Å². The van der Waals surface area contributed by atoms with Crippen LogP contribution >= 0.6 is 0 Å². The third-order valence-corrected chi connectivity index (χ3v) is 2.81. The van der Waals surface area contributed by atoms with Gasteiger partial charge in [0.25, 0.3) is 0 Å². The normalized spacial score (nSPS) is 13.1. The molecule has 1 rings (SSSR count). The summed E-state index contributed by atoms with van der Waals surface area (Å²) in [5.41, 5.74) is 0.259. The predicted molar refractivity (Wildman–Crippen MR) is 72.9 cm³/mol. The molecule has 0 radical (unpaired) electrons. The number of amides is 2. The lowest BCUT2D eigenvalue weighted by molar-refractivity contribution is -0.141. The second-order valence-corrected chi connectivity index (χ2v) is 4.62. The Hall–Kier alpha value is -2.44. The van der Waals surface area contributed by atoms with Crippen LogP contribution < -0.4 is 10.6 Å². The van der Waals surface area contributed by atoms with E-state index in [1.807, 2.05) is 0 Å². The minimum atomic E-state index is -1.20. The molecule has 1 aromatic carbocycles. The molecule has 0 unspecified atom stereocenters. The predicted octanol–water partition coefficient (Wildman–Crippen LogP) is 0.462. The highest BCUT2D eigenvalue weighted by atomic mass is 19.1. The van der Waals surface area contributed by atoms with Crippen LogP contribution in [0, 0.1) is 5.82 Å². The molecule has 6 nitrogen and oxygen atoms in total. The molecule has 7 heteroatoms. The van der Waals surface area contributed by atoms with Crippen LogP contribution in [0.2, 0.25) is 0 Å². The summed E-state index contributed by atoms with van der Waals surface area (Å²) in [6.45, 7) is 2.52. The Kier molecular flexibility index (Phi) is 5.83. The maximum atomic E-state index is 13.6. The molecular weight excluding hydrogens is 279 g/mol. The fraction of sp³-hybridized carbons (Fsp3) is 0.357. The van der Waals surface area contributed by atoms with Crippen molar-refractivity contribution in [3.8, 4) is 0 Å². The number of aliphatic carboxylic acids is 1. The van der Waals surface area contributed by atoms with Crippen LogP contribution in [0.4, 0.5) is 4.39 Å². The van der Waals surface area contributed by atoms with Crippen LogP contribution in [-0.4, -0.2) is 35.0 Å². The van der Waals surface area contributed by atoms with E-state index in [1.165, 1.54) is 32.0 Å². The molecule has 0 saturated carbocycles. The first-order valence-electron chi connectivity index (χ1n) is 6.35. The Balaban J connectivity index is 2.85. The molecule has 1 aromatic rings. The van der Waals surface area contributed by atoms with E-state index >= 15 is 0 Å². The third-order valence-electron chi connectivity index (χ3n) is 2.81. The third kappa shape index (κ3) is 5.21. The van der Waals surface area contributed by atoms with Crippen LogP contribution in [-0.2, 0) is 20.8 Å². The molecule has 0 fully saturated rings. The van der Waals surface area contributed by atoms with Gasteiger partial charge in [0.15, 0.2) is 0 Å². The lowest BCUT2D eigenvalue weighted by Crippen LogP contribution is -2.51. The summed E-state index contributed by atoms with van der Waals surface area (Å²) < 4.78 is 13.6. The van der Waals surface area contributed by atoms with Crippen molar-refractivity contribution in [2.75, 3.05) is 0 Å². The van der Waals surface area contributed by atoms with Gasteiger partial charge in [-0.05, 0) is 18.6 Å². The SMILES string of the molecule is CC(=O)N[C@H](Cc1ccccc1F)C(=O)N[C@@H](C)C(=O)O. The summed E-state index contributed by atoms with van der Waals surface area (Å²) in [6, 6.07) is 3.73. The number of carbonyl (C=O) groups excluding carboxylic acids is 2. The number of carboxylic acids is 1. The maximum absolute atomic E-state index is 13.6. The fourth-order valence-electron chi connectivity index (χ4n) is 1.71. The van der Waals surface area contributed by atoms with Crippen molar-refractivity contribution >= 4 is 17.8 Å². The molecular formula is C14H17FN2O4. The van der Waals surface area contributed by atoms with Gasteiger partial charge in [0, 0.05) is 13.3 Å². The number of halogens is 1. The Morgan fingerprint density at radius 1 is 1.24 bits per heavy atom. The second-order valence-electron chi connectivity index (χ2n) is 4.62. The van der Waals surface area contributed by atoms with Gasteiger partial charge < -0.3 is 15.7 Å². The molecule has 0 bridgehead atoms. The maximum Gasteiger partial charge on any atom is 0.325 e. The monoisotopic (exact) mass is 296 g/mol. The van der Waals surface area contributed by atoms with Crippen LogP contribution in [0.1, 0.15) is 19.4 Å². The van der Waals surface area contributed by atoms with E-state index in [2.05, 4.69) is 10.6 Å². The first kappa shape index (κ1) is 16.6. The highest BCUT2D eigenvalue weighted by molar-refractivity contribution is 5.90. The van der Waals surface area contributed by atoms with Crippen LogP contribution in [0.3, 0.4) is 0 Å². The molecule has 3 N–H and O–H groups in total. The van der Waals surface area contributed by atoms with Crippen molar-refractivity contribution in [2.45, 2.75) is 32.4 Å². The number of hydrogen-bond acceptors (Lipinski definition) is 3. The minimum absolute atomic E-state index is 0.0651. The van der Waals surface area contributed by atoms with Crippen molar-refractivity contribution in [3.63, 3.8) is 0 Å². The molecule has 0 aliphatic carbocycles. The molecule has 21 heavy (non-hydrogen) atoms. The Labute approximate surface area is 121 Å². The van der Waals surface area contributed by atoms with Gasteiger partial charge in [-0.1, -0.05) is 18.2 Å². The lowest BCUT2D eigenvalue weighted by Gasteiger charge is -2.19. The van der Waals surface area contributed by atoms with Crippen molar-refractivity contribution in [1.82, 2.24) is 10.6 Å². The Morgan fingerprint density at radius 3 is 2.38 bits per heavy atom. The highest BCUT2D eigenvalue weighted by Gasteiger charge is 2.24. The van der Waals surface area contributed by atoms with E-state index in [0.717, 1.165) is 0 Å². The van der Waals surface area contributed by atoms with Crippen molar-refractivity contribution in [2.24, 2.45) is 0 Å². The van der Waals surface area contributed by atoms with Crippen molar-refractivity contribution < 1.29 is 23.9 Å². The molecule has 2 amide bonds. The van der Waals surface area contributed by atoms with Gasteiger partial charge in [-0.25, -0.2) is 4.39 Å². The molecule has 114 valence electrons. The Morgan fingerprint density at radius 2 is 1.86 bits per heavy atom. The van der Waals surface area contributed by atoms with E-state index in [4.69, 9.17) is 5.11 Å². The topological polar surface area (TPSA) is 95.5 Å². The molecule has 0 spiro atoms. The summed E-state index contributed by atoms with van der Waals surface area (Å²) in [5, 5.41) is 13.4. The van der Waals surface area contributed by atoms with E-state index in [1.54, 1.807) is 6.07 Å². The molecule has 0 aliphatic rings. The first-order valence-corrected chi connectivity index (χ1v) is 6.35. The molecule has 0 heterocycles. The number of rotatable bonds is 6. The smallest absolute Gasteiger partial charge is 0.325 e. The van der Waals surface area contributed by atoms with Gasteiger partial charge in [0.2, 0.25) is 11.8 Å². The fourth-order valence-corrected chi connectivity index (χ4v) is 1.71. The number of carbonyl (C=O) groups is 3. The second kappa shape index (κ2) is 7.37. The van der Waals surface area contributed by atoms with Gasteiger partial charge in [-0.15, -0.1) is 0 Å². The van der Waals surface area contributed by atoms with Gasteiger partial charge >= 0.3 is 5.97 Å². The number of carboxylic acid groups (broad SMARTS) is 1. The summed E-state index contributed by atoms with van der Waals surface area (Å²) >= 11 is 0. The van der Waals surface area contributed by atoms with Crippen molar-refractivity contribution in [3.05, 3.63) is 35.6 Å². The van der Waals surface area contributed by atoms with Gasteiger partial charge in [-0.3, -0.25) is 14.4 Å². The Bertz CT molecular complexity index is 548. The molecule has 0 aromatic heterocycles. The highest BCUT2D eigenvalue weighted by Crippen LogP contribution is 2.09. The van der Waals surface area contributed by atoms with Gasteiger partial charge in [0.05, 0.1) is 0 Å². The minimum Gasteiger partial charge on any atom is -0.480 e. The average molecular weight is 296 g/mol. The largest absolute Gasteiger partial charge is 0.480 e. The lowest BCUT2D eigenvalue weighted by atomic mass is 10.0. The zero-order valence-corrected chi connectivity index (χ0v) is 11.7. The quantitative estimate of drug-likeness (QED) is 0.711. The van der Waals surface area contributed by atoms with E-state index in [0.29, 0.717) is 0 Å². The number of nitrogens with one attached hydrogen (secondary N) is 2. The zero-order valence-electron chi connectivity index (χ0n) is 11.7. The van der Waals surface area contributed by atoms with Crippen molar-refractivity contribution in [1.29, 1.82) is 0 Å². The number of benzene rings is 1. The van der Waals surface area contributed by atoms with Crippen LogP contribution in [0.25, 0.3) is 0 Å². The first-order chi connectivity index (χ1) is 9.81. The summed E-state index contributed by atoms with van der Waals surface area (Å²) in [7, 11) is 0. The van der Waals surface area contributed by atoms with E-state index < -0.39 is 35.7 Å². The molecule has 0 saturated heterocycles. The van der Waals surface area contributed by atoms with Crippen LogP contribution in [0.5, 0.6) is 0 Å². The zero-order chi connectivity index (χ0) is 16.0. The summed E-state index contributed by atoms with van der Waals surface area (Å²) in [5.74, 6) is -2.83. The van der Waals surface area contributed by atoms with Crippen LogP contribution in [0.15, 0.2) is 24.3 Å². The molecule has 2 atom stereocenters. The standard InChI is InChI=1S/C14H17FN2O4/c1-8(14(20)21)16-13(19)12(17-9(2)18)7-10-5-3-4-6-11(10)15/h3-6,8,12H,7H2,1-2H3,(H,16,19)(H,17,18)(H,20,21)/t8-,12+/m0/s1. The van der Waals surface area contributed by atoms with Gasteiger partial charge in [0.1, 0.15) is 17.9 Å².